The highest BCUT2D eigenvalue weighted by Crippen LogP contribution is 2.29. The zero-order valence-electron chi connectivity index (χ0n) is 12.1. The van der Waals surface area contributed by atoms with Crippen molar-refractivity contribution >= 4 is 0 Å². The first-order valence-electron chi connectivity index (χ1n) is 6.60. The van der Waals surface area contributed by atoms with E-state index in [1.807, 2.05) is 0 Å². The molecular formula is C15H22F3NO. The van der Waals surface area contributed by atoms with Crippen LogP contribution in [0.1, 0.15) is 44.4 Å². The minimum atomic E-state index is -4.31. The van der Waals surface area contributed by atoms with Gasteiger partial charge in [-0.3, -0.25) is 0 Å². The summed E-state index contributed by atoms with van der Waals surface area (Å²) >= 11 is 0. The molecule has 1 aromatic carbocycles. The van der Waals surface area contributed by atoms with E-state index in [0.29, 0.717) is 18.8 Å². The Bertz CT molecular complexity index is 407. The molecular weight excluding hydrogens is 267 g/mol. The van der Waals surface area contributed by atoms with E-state index in [0.717, 1.165) is 18.6 Å². The lowest BCUT2D eigenvalue weighted by atomic mass is 9.93. The molecule has 0 saturated carbocycles. The maximum atomic E-state index is 12.4. The maximum absolute atomic E-state index is 12.4. The van der Waals surface area contributed by atoms with Crippen LogP contribution in [-0.4, -0.2) is 13.2 Å². The number of alkyl halides is 3. The van der Waals surface area contributed by atoms with Gasteiger partial charge in [0.25, 0.3) is 0 Å². The fourth-order valence-corrected chi connectivity index (χ4v) is 1.60. The highest BCUT2D eigenvalue weighted by molar-refractivity contribution is 5.26. The molecule has 0 aliphatic heterocycles. The van der Waals surface area contributed by atoms with E-state index in [2.05, 4.69) is 20.8 Å². The van der Waals surface area contributed by atoms with Gasteiger partial charge in [-0.2, -0.15) is 13.2 Å². The Labute approximate surface area is 118 Å². The van der Waals surface area contributed by atoms with E-state index in [-0.39, 0.29) is 5.41 Å². The van der Waals surface area contributed by atoms with Crippen molar-refractivity contribution in [2.24, 2.45) is 11.1 Å². The normalized spacial score (nSPS) is 14.3. The average Bonchev–Trinajstić information content (AvgIpc) is 2.32. The summed E-state index contributed by atoms with van der Waals surface area (Å²) in [6, 6.07) is 4.49. The summed E-state index contributed by atoms with van der Waals surface area (Å²) in [4.78, 5) is 0. The van der Waals surface area contributed by atoms with Crippen LogP contribution in [-0.2, 0) is 10.9 Å². The minimum absolute atomic E-state index is 0.193. The topological polar surface area (TPSA) is 35.2 Å². The van der Waals surface area contributed by atoms with Crippen LogP contribution in [0.3, 0.4) is 0 Å². The van der Waals surface area contributed by atoms with Crippen molar-refractivity contribution in [2.75, 3.05) is 13.2 Å². The fraction of sp³-hybridized carbons (Fsp3) is 0.600. The molecule has 1 atom stereocenters. The van der Waals surface area contributed by atoms with Gasteiger partial charge in [0.05, 0.1) is 18.2 Å². The first-order valence-corrected chi connectivity index (χ1v) is 6.60. The van der Waals surface area contributed by atoms with E-state index in [4.69, 9.17) is 10.5 Å². The Balaban J connectivity index is 2.46. The van der Waals surface area contributed by atoms with Gasteiger partial charge in [0.1, 0.15) is 0 Å². The van der Waals surface area contributed by atoms with Crippen molar-refractivity contribution in [3.63, 3.8) is 0 Å². The number of hydrogen-bond acceptors (Lipinski definition) is 2. The van der Waals surface area contributed by atoms with Crippen molar-refractivity contribution in [3.05, 3.63) is 35.4 Å². The molecule has 0 amide bonds. The van der Waals surface area contributed by atoms with Gasteiger partial charge in [0.2, 0.25) is 0 Å². The van der Waals surface area contributed by atoms with Crippen LogP contribution in [0.15, 0.2) is 24.3 Å². The molecule has 0 aliphatic rings. The summed E-state index contributed by atoms with van der Waals surface area (Å²) in [6.45, 7) is 7.25. The van der Waals surface area contributed by atoms with Crippen LogP contribution in [0.25, 0.3) is 0 Å². The first-order chi connectivity index (χ1) is 9.09. The Morgan fingerprint density at radius 3 is 2.10 bits per heavy atom. The molecule has 0 radical (unpaired) electrons. The summed E-state index contributed by atoms with van der Waals surface area (Å²) in [7, 11) is 0. The van der Waals surface area contributed by atoms with Crippen LogP contribution in [0.4, 0.5) is 13.2 Å². The largest absolute Gasteiger partial charge is 0.416 e. The zero-order valence-corrected chi connectivity index (χ0v) is 12.1. The first kappa shape index (κ1) is 17.0. The van der Waals surface area contributed by atoms with Crippen molar-refractivity contribution in [3.8, 4) is 0 Å². The van der Waals surface area contributed by atoms with Crippen LogP contribution in [0.2, 0.25) is 0 Å². The molecule has 20 heavy (non-hydrogen) atoms. The molecule has 114 valence electrons. The van der Waals surface area contributed by atoms with Gasteiger partial charge in [-0.05, 0) is 29.5 Å². The van der Waals surface area contributed by atoms with Crippen molar-refractivity contribution in [1.29, 1.82) is 0 Å². The molecule has 0 aromatic heterocycles. The second-order valence-electron chi connectivity index (χ2n) is 6.11. The van der Waals surface area contributed by atoms with Gasteiger partial charge in [-0.1, -0.05) is 32.9 Å². The standard InChI is InChI=1S/C15H22F3NO/c1-14(2,3)8-9-20-10-13(19)11-4-6-12(7-5-11)15(16,17)18/h4-7,13H,8-10,19H2,1-3H3. The van der Waals surface area contributed by atoms with Gasteiger partial charge in [0.15, 0.2) is 0 Å². The van der Waals surface area contributed by atoms with E-state index >= 15 is 0 Å². The van der Waals surface area contributed by atoms with Gasteiger partial charge >= 0.3 is 6.18 Å². The lowest BCUT2D eigenvalue weighted by molar-refractivity contribution is -0.137. The summed E-state index contributed by atoms with van der Waals surface area (Å²) in [6.07, 6.45) is -3.40. The molecule has 0 saturated heterocycles. The number of benzene rings is 1. The predicted octanol–water partition coefficient (Wildman–Crippen LogP) is 4.16. The molecule has 0 spiro atoms. The smallest absolute Gasteiger partial charge is 0.379 e. The molecule has 0 aliphatic carbocycles. The second-order valence-corrected chi connectivity index (χ2v) is 6.11. The van der Waals surface area contributed by atoms with Crippen LogP contribution >= 0.6 is 0 Å². The van der Waals surface area contributed by atoms with Crippen LogP contribution < -0.4 is 5.73 Å². The number of hydrogen-bond donors (Lipinski definition) is 1. The highest BCUT2D eigenvalue weighted by Gasteiger charge is 2.30. The van der Waals surface area contributed by atoms with E-state index in [1.54, 1.807) is 0 Å². The number of halogens is 3. The monoisotopic (exact) mass is 289 g/mol. The molecule has 0 fully saturated rings. The van der Waals surface area contributed by atoms with Gasteiger partial charge in [0, 0.05) is 6.61 Å². The van der Waals surface area contributed by atoms with E-state index in [9.17, 15) is 13.2 Å². The quantitative estimate of drug-likeness (QED) is 0.826. The number of rotatable bonds is 5. The van der Waals surface area contributed by atoms with Gasteiger partial charge < -0.3 is 10.5 Å². The molecule has 1 unspecified atom stereocenters. The molecule has 5 heteroatoms. The van der Waals surface area contributed by atoms with Crippen molar-refractivity contribution in [2.45, 2.75) is 39.4 Å². The minimum Gasteiger partial charge on any atom is -0.379 e. The van der Waals surface area contributed by atoms with Crippen molar-refractivity contribution in [1.82, 2.24) is 0 Å². The Morgan fingerprint density at radius 2 is 1.65 bits per heavy atom. The lowest BCUT2D eigenvalue weighted by Crippen LogP contribution is -2.19. The molecule has 0 heterocycles. The van der Waals surface area contributed by atoms with Gasteiger partial charge in [-0.25, -0.2) is 0 Å². The third-order valence-corrected chi connectivity index (χ3v) is 2.96. The maximum Gasteiger partial charge on any atom is 0.416 e. The molecule has 1 rings (SSSR count). The van der Waals surface area contributed by atoms with Crippen molar-refractivity contribution < 1.29 is 17.9 Å². The Morgan fingerprint density at radius 1 is 1.10 bits per heavy atom. The molecule has 2 nitrogen and oxygen atoms in total. The summed E-state index contributed by atoms with van der Waals surface area (Å²) in [5.74, 6) is 0. The molecule has 2 N–H and O–H groups in total. The van der Waals surface area contributed by atoms with E-state index < -0.39 is 17.8 Å². The third kappa shape index (κ3) is 5.92. The number of nitrogens with two attached hydrogens (primary N) is 1. The Hall–Kier alpha value is -1.07. The second kappa shape index (κ2) is 6.59. The predicted molar refractivity (Wildman–Crippen MR) is 73.3 cm³/mol. The average molecular weight is 289 g/mol. The fourth-order valence-electron chi connectivity index (χ4n) is 1.60. The summed E-state index contributed by atoms with van der Waals surface area (Å²) in [5.41, 5.74) is 6.07. The molecule has 1 aromatic rings. The zero-order chi connectivity index (χ0) is 15.4. The van der Waals surface area contributed by atoms with Gasteiger partial charge in [-0.15, -0.1) is 0 Å². The summed E-state index contributed by atoms with van der Waals surface area (Å²) < 4.78 is 42.8. The van der Waals surface area contributed by atoms with E-state index in [1.165, 1.54) is 12.1 Å². The lowest BCUT2D eigenvalue weighted by Gasteiger charge is -2.19. The number of ether oxygens (including phenoxy) is 1. The van der Waals surface area contributed by atoms with Crippen LogP contribution in [0, 0.1) is 5.41 Å². The van der Waals surface area contributed by atoms with Crippen LogP contribution in [0.5, 0.6) is 0 Å². The molecule has 0 bridgehead atoms. The highest BCUT2D eigenvalue weighted by atomic mass is 19.4. The SMILES string of the molecule is CC(C)(C)CCOCC(N)c1ccc(C(F)(F)F)cc1. The third-order valence-electron chi connectivity index (χ3n) is 2.96. The Kier molecular flexibility index (Phi) is 5.59. The summed E-state index contributed by atoms with van der Waals surface area (Å²) in [5, 5.41) is 0.